The summed E-state index contributed by atoms with van der Waals surface area (Å²) < 4.78 is 9.11. The maximum absolute atomic E-state index is 11.8. The number of esters is 2. The van der Waals surface area contributed by atoms with Crippen molar-refractivity contribution in [3.63, 3.8) is 0 Å². The number of nitro groups is 1. The van der Waals surface area contributed by atoms with Gasteiger partial charge in [-0.1, -0.05) is 0 Å². The van der Waals surface area contributed by atoms with Crippen molar-refractivity contribution in [2.24, 2.45) is 0 Å². The number of methoxy groups -OCH3 is 2. The molecule has 27 heavy (non-hydrogen) atoms. The number of hydrogen-bond acceptors (Lipinski definition) is 9. The van der Waals surface area contributed by atoms with Crippen LogP contribution in [0.3, 0.4) is 0 Å². The summed E-state index contributed by atoms with van der Waals surface area (Å²) in [6.07, 6.45) is 0.923. The number of nitrogens with zero attached hydrogens (tertiary/aromatic N) is 3. The lowest BCUT2D eigenvalue weighted by Crippen LogP contribution is -2.44. The van der Waals surface area contributed by atoms with Crippen LogP contribution in [0.25, 0.3) is 0 Å². The average molecular weight is 378 g/mol. The van der Waals surface area contributed by atoms with Crippen molar-refractivity contribution in [1.29, 1.82) is 0 Å². The summed E-state index contributed by atoms with van der Waals surface area (Å²) in [6.45, 7) is 2.98. The van der Waals surface area contributed by atoms with E-state index < -0.39 is 16.9 Å². The molecule has 0 unspecified atom stereocenters. The summed E-state index contributed by atoms with van der Waals surface area (Å²) in [5.41, 5.74) is 0.508. The Balaban J connectivity index is 2.31. The van der Waals surface area contributed by atoms with Gasteiger partial charge in [0.1, 0.15) is 11.4 Å². The van der Waals surface area contributed by atoms with Crippen LogP contribution >= 0.6 is 0 Å². The standard InChI is InChI=1S/C17H22N4O6/c1-19-6-8-20(9-7-19)14-5-4-12(10-15(14)21(24)25)18-13(17(23)27-3)11-16(22)26-2/h4-5,10-11,18H,6-9H2,1-3H3/b13-11+. The molecular weight excluding hydrogens is 356 g/mol. The van der Waals surface area contributed by atoms with Gasteiger partial charge in [-0.3, -0.25) is 10.1 Å². The fourth-order valence-electron chi connectivity index (χ4n) is 2.65. The molecule has 146 valence electrons. The molecule has 1 aromatic carbocycles. The number of rotatable bonds is 6. The predicted octanol–water partition coefficient (Wildman–Crippen LogP) is 0.988. The monoisotopic (exact) mass is 378 g/mol. The lowest BCUT2D eigenvalue weighted by molar-refractivity contribution is -0.384. The SMILES string of the molecule is COC(=O)/C=C(/Nc1ccc(N2CCN(C)CC2)c([N+](=O)[O-])c1)C(=O)OC. The Morgan fingerprint density at radius 1 is 1.19 bits per heavy atom. The number of nitro benzene ring substituents is 1. The molecule has 0 saturated carbocycles. The summed E-state index contributed by atoms with van der Waals surface area (Å²) >= 11 is 0. The van der Waals surface area contributed by atoms with Crippen molar-refractivity contribution in [3.05, 3.63) is 40.1 Å². The number of nitrogens with one attached hydrogen (secondary N) is 1. The third kappa shape index (κ3) is 5.17. The summed E-state index contributed by atoms with van der Waals surface area (Å²) in [5, 5.41) is 14.2. The first-order valence-corrected chi connectivity index (χ1v) is 8.22. The van der Waals surface area contributed by atoms with E-state index in [4.69, 9.17) is 0 Å². The van der Waals surface area contributed by atoms with E-state index in [1.165, 1.54) is 13.2 Å². The zero-order valence-corrected chi connectivity index (χ0v) is 15.4. The molecule has 0 amide bonds. The van der Waals surface area contributed by atoms with Crippen molar-refractivity contribution in [3.8, 4) is 0 Å². The summed E-state index contributed by atoms with van der Waals surface area (Å²) in [6, 6.07) is 4.55. The maximum atomic E-state index is 11.8. The molecule has 0 bridgehead atoms. The molecule has 1 fully saturated rings. The van der Waals surface area contributed by atoms with Crippen LogP contribution in [0, 0.1) is 10.1 Å². The van der Waals surface area contributed by atoms with Gasteiger partial charge in [-0.05, 0) is 19.2 Å². The second-order valence-electron chi connectivity index (χ2n) is 5.95. The van der Waals surface area contributed by atoms with E-state index in [9.17, 15) is 19.7 Å². The predicted molar refractivity (Wildman–Crippen MR) is 98.5 cm³/mol. The molecule has 1 heterocycles. The van der Waals surface area contributed by atoms with Gasteiger partial charge >= 0.3 is 11.9 Å². The van der Waals surface area contributed by atoms with Gasteiger partial charge < -0.3 is 24.6 Å². The Hall–Kier alpha value is -3.14. The number of hydrogen-bond donors (Lipinski definition) is 1. The zero-order valence-electron chi connectivity index (χ0n) is 15.4. The van der Waals surface area contributed by atoms with E-state index in [0.717, 1.165) is 26.3 Å². The Morgan fingerprint density at radius 3 is 2.41 bits per heavy atom. The van der Waals surface area contributed by atoms with Crippen LogP contribution in [-0.4, -0.2) is 69.2 Å². The lowest BCUT2D eigenvalue weighted by Gasteiger charge is -2.33. The van der Waals surface area contributed by atoms with Crippen molar-refractivity contribution < 1.29 is 24.0 Å². The maximum Gasteiger partial charge on any atom is 0.354 e. The second-order valence-corrected chi connectivity index (χ2v) is 5.95. The Morgan fingerprint density at radius 2 is 1.85 bits per heavy atom. The molecule has 1 aliphatic heterocycles. The highest BCUT2D eigenvalue weighted by Gasteiger charge is 2.23. The number of ether oxygens (including phenoxy) is 2. The number of benzene rings is 1. The highest BCUT2D eigenvalue weighted by Crippen LogP contribution is 2.32. The van der Waals surface area contributed by atoms with E-state index in [1.807, 2.05) is 11.9 Å². The molecule has 1 aliphatic rings. The largest absolute Gasteiger partial charge is 0.466 e. The second kappa shape index (κ2) is 8.99. The molecule has 2 rings (SSSR count). The number of carbonyl (C=O) groups is 2. The Kier molecular flexibility index (Phi) is 6.72. The molecule has 0 aliphatic carbocycles. The number of piperazine rings is 1. The molecule has 0 radical (unpaired) electrons. The van der Waals surface area contributed by atoms with Crippen molar-refractivity contribution >= 4 is 29.0 Å². The first kappa shape index (κ1) is 20.2. The molecular formula is C17H22N4O6. The lowest BCUT2D eigenvalue weighted by atomic mass is 10.2. The third-order valence-corrected chi connectivity index (χ3v) is 4.16. The quantitative estimate of drug-likeness (QED) is 0.335. The normalized spacial score (nSPS) is 15.2. The highest BCUT2D eigenvalue weighted by molar-refractivity contribution is 5.98. The summed E-state index contributed by atoms with van der Waals surface area (Å²) in [7, 11) is 4.33. The van der Waals surface area contributed by atoms with Crippen molar-refractivity contribution in [2.75, 3.05) is 57.7 Å². The zero-order chi connectivity index (χ0) is 20.0. The summed E-state index contributed by atoms with van der Waals surface area (Å²) in [5.74, 6) is -1.56. The van der Waals surface area contributed by atoms with E-state index in [2.05, 4.69) is 19.7 Å². The van der Waals surface area contributed by atoms with Gasteiger partial charge in [-0.15, -0.1) is 0 Å². The van der Waals surface area contributed by atoms with Crippen LogP contribution < -0.4 is 10.2 Å². The van der Waals surface area contributed by atoms with Gasteiger partial charge in [-0.25, -0.2) is 9.59 Å². The fourth-order valence-corrected chi connectivity index (χ4v) is 2.65. The van der Waals surface area contributed by atoms with Gasteiger partial charge in [0, 0.05) is 37.9 Å². The molecule has 10 heteroatoms. The minimum atomic E-state index is -0.800. The van der Waals surface area contributed by atoms with Crippen LogP contribution in [0.4, 0.5) is 17.1 Å². The first-order valence-electron chi connectivity index (χ1n) is 8.22. The minimum absolute atomic E-state index is 0.0909. The number of likely N-dealkylation sites (N-methyl/N-ethyl adjacent to an activating group) is 1. The van der Waals surface area contributed by atoms with Crippen LogP contribution in [0.2, 0.25) is 0 Å². The van der Waals surface area contributed by atoms with Gasteiger partial charge in [-0.2, -0.15) is 0 Å². The van der Waals surface area contributed by atoms with Crippen LogP contribution in [0.1, 0.15) is 0 Å². The van der Waals surface area contributed by atoms with Gasteiger partial charge in [0.25, 0.3) is 5.69 Å². The molecule has 1 saturated heterocycles. The van der Waals surface area contributed by atoms with Crippen LogP contribution in [0.15, 0.2) is 30.0 Å². The van der Waals surface area contributed by atoms with Crippen molar-refractivity contribution in [2.45, 2.75) is 0 Å². The smallest absolute Gasteiger partial charge is 0.354 e. The molecule has 0 aromatic heterocycles. The van der Waals surface area contributed by atoms with Crippen LogP contribution in [-0.2, 0) is 19.1 Å². The minimum Gasteiger partial charge on any atom is -0.466 e. The van der Waals surface area contributed by atoms with Gasteiger partial charge in [0.2, 0.25) is 0 Å². The average Bonchev–Trinajstić information content (AvgIpc) is 2.67. The first-order chi connectivity index (χ1) is 12.8. The Bertz CT molecular complexity index is 756. The summed E-state index contributed by atoms with van der Waals surface area (Å²) in [4.78, 5) is 38.4. The van der Waals surface area contributed by atoms with E-state index in [0.29, 0.717) is 18.8 Å². The van der Waals surface area contributed by atoms with E-state index >= 15 is 0 Å². The van der Waals surface area contributed by atoms with Gasteiger partial charge in [0.05, 0.1) is 25.2 Å². The molecule has 0 atom stereocenters. The molecule has 0 spiro atoms. The third-order valence-electron chi connectivity index (χ3n) is 4.16. The molecule has 10 nitrogen and oxygen atoms in total. The van der Waals surface area contributed by atoms with E-state index in [1.54, 1.807) is 12.1 Å². The van der Waals surface area contributed by atoms with Crippen molar-refractivity contribution in [1.82, 2.24) is 4.90 Å². The van der Waals surface area contributed by atoms with Crippen LogP contribution in [0.5, 0.6) is 0 Å². The van der Waals surface area contributed by atoms with E-state index in [-0.39, 0.29) is 17.1 Å². The van der Waals surface area contributed by atoms with Gasteiger partial charge in [0.15, 0.2) is 0 Å². The highest BCUT2D eigenvalue weighted by atomic mass is 16.6. The fraction of sp³-hybridized carbons (Fsp3) is 0.412. The molecule has 1 N–H and O–H groups in total. The number of anilines is 2. The number of carbonyl (C=O) groups excluding carboxylic acids is 2. The topological polar surface area (TPSA) is 114 Å². The molecule has 1 aromatic rings. The Labute approximate surface area is 156 Å².